The Balaban J connectivity index is 2.57. The van der Waals surface area contributed by atoms with Crippen LogP contribution in [0.5, 0.6) is 0 Å². The Labute approximate surface area is 121 Å². The van der Waals surface area contributed by atoms with Crippen molar-refractivity contribution < 1.29 is 9.90 Å². The molecule has 1 aromatic rings. The van der Waals surface area contributed by atoms with E-state index in [1.54, 1.807) is 0 Å². The lowest BCUT2D eigenvalue weighted by Crippen LogP contribution is -2.33. The summed E-state index contributed by atoms with van der Waals surface area (Å²) in [5, 5.41) is 8.89. The fourth-order valence-corrected chi connectivity index (χ4v) is 3.10. The van der Waals surface area contributed by atoms with Gasteiger partial charge >= 0.3 is 5.97 Å². The molecule has 2 rings (SSSR count). The minimum absolute atomic E-state index is 0.157. The van der Waals surface area contributed by atoms with E-state index in [1.807, 2.05) is 6.92 Å². The Hall–Kier alpha value is -1.57. The van der Waals surface area contributed by atoms with E-state index in [4.69, 9.17) is 5.11 Å². The number of hydrogen-bond donors (Lipinski definition) is 1. The molecule has 1 N–H and O–H groups in total. The van der Waals surface area contributed by atoms with Gasteiger partial charge in [0.05, 0.1) is 0 Å². The van der Waals surface area contributed by atoms with Gasteiger partial charge in [-0.25, -0.2) is 4.79 Å². The number of carboxylic acids is 1. The highest BCUT2D eigenvalue weighted by Gasteiger charge is 2.36. The normalized spacial score (nSPS) is 20.4. The summed E-state index contributed by atoms with van der Waals surface area (Å²) in [6.07, 6.45) is 3.64. The maximum absolute atomic E-state index is 10.8. The molecule has 0 fully saturated rings. The molecule has 0 bridgehead atoms. The quantitative estimate of drug-likeness (QED) is 0.803. The molecule has 2 heteroatoms. The van der Waals surface area contributed by atoms with Crippen LogP contribution in [-0.2, 0) is 15.6 Å². The molecule has 1 aliphatic carbocycles. The molecule has 0 atom stereocenters. The number of carbonyl (C=O) groups is 1. The van der Waals surface area contributed by atoms with E-state index >= 15 is 0 Å². The molecule has 0 unspecified atom stereocenters. The summed E-state index contributed by atoms with van der Waals surface area (Å²) < 4.78 is 0. The first-order valence-electron chi connectivity index (χ1n) is 7.20. The van der Waals surface area contributed by atoms with Crippen LogP contribution in [0.15, 0.2) is 24.3 Å². The molecule has 1 aromatic carbocycles. The number of hydrogen-bond acceptors (Lipinski definition) is 1. The third-order valence-electron chi connectivity index (χ3n) is 4.65. The van der Waals surface area contributed by atoms with Crippen molar-refractivity contribution >= 4 is 11.5 Å². The smallest absolute Gasteiger partial charge is 0.328 e. The van der Waals surface area contributed by atoms with Crippen molar-refractivity contribution in [2.45, 2.75) is 58.3 Å². The summed E-state index contributed by atoms with van der Waals surface area (Å²) in [6.45, 7) is 11.0. The van der Waals surface area contributed by atoms with Crippen molar-refractivity contribution in [3.05, 3.63) is 41.0 Å². The van der Waals surface area contributed by atoms with E-state index < -0.39 is 5.97 Å². The molecule has 0 saturated heterocycles. The van der Waals surface area contributed by atoms with Gasteiger partial charge in [-0.2, -0.15) is 0 Å². The summed E-state index contributed by atoms with van der Waals surface area (Å²) in [7, 11) is 0. The van der Waals surface area contributed by atoms with E-state index in [1.165, 1.54) is 23.6 Å². The first-order valence-corrected chi connectivity index (χ1v) is 7.20. The van der Waals surface area contributed by atoms with Gasteiger partial charge in [0.2, 0.25) is 0 Å². The standard InChI is InChI=1S/C18H24O2/c1-12(10-16(19)20)13-6-7-14-15(11-13)18(4,5)9-8-17(14,2)3/h6-7,10-11H,8-9H2,1-5H3,(H,19,20)/b12-10-. The first kappa shape index (κ1) is 14.8. The lowest BCUT2D eigenvalue weighted by atomic mass is 9.63. The maximum atomic E-state index is 10.8. The minimum Gasteiger partial charge on any atom is -0.478 e. The number of aliphatic carboxylic acids is 1. The highest BCUT2D eigenvalue weighted by atomic mass is 16.4. The Morgan fingerprint density at radius 1 is 1.10 bits per heavy atom. The molecule has 0 aliphatic heterocycles. The van der Waals surface area contributed by atoms with Gasteiger partial charge in [-0.05, 0) is 52.9 Å². The van der Waals surface area contributed by atoms with Crippen LogP contribution in [0.3, 0.4) is 0 Å². The van der Waals surface area contributed by atoms with Crippen LogP contribution in [0.4, 0.5) is 0 Å². The van der Waals surface area contributed by atoms with E-state index in [0.717, 1.165) is 17.6 Å². The fourth-order valence-electron chi connectivity index (χ4n) is 3.10. The van der Waals surface area contributed by atoms with Crippen LogP contribution in [0.1, 0.15) is 64.2 Å². The predicted octanol–water partition coefficient (Wildman–Crippen LogP) is 4.52. The van der Waals surface area contributed by atoms with Crippen LogP contribution < -0.4 is 0 Å². The molecule has 0 spiro atoms. The number of allylic oxidation sites excluding steroid dienone is 1. The Bertz CT molecular complexity index is 577. The SMILES string of the molecule is C/C(=C/C(=O)O)c1ccc2c(c1)C(C)(C)CCC2(C)C. The van der Waals surface area contributed by atoms with Gasteiger partial charge < -0.3 is 5.11 Å². The molecule has 20 heavy (non-hydrogen) atoms. The van der Waals surface area contributed by atoms with Gasteiger partial charge in [0.15, 0.2) is 0 Å². The van der Waals surface area contributed by atoms with Crippen molar-refractivity contribution in [1.29, 1.82) is 0 Å². The fraction of sp³-hybridized carbons (Fsp3) is 0.500. The predicted molar refractivity (Wildman–Crippen MR) is 83.0 cm³/mol. The van der Waals surface area contributed by atoms with Gasteiger partial charge in [0, 0.05) is 6.08 Å². The average molecular weight is 272 g/mol. The van der Waals surface area contributed by atoms with Gasteiger partial charge in [-0.1, -0.05) is 45.9 Å². The lowest BCUT2D eigenvalue weighted by molar-refractivity contribution is -0.131. The molecule has 0 amide bonds. The Kier molecular flexibility index (Phi) is 3.53. The second-order valence-corrected chi connectivity index (χ2v) is 7.19. The highest BCUT2D eigenvalue weighted by Crippen LogP contribution is 2.46. The molecule has 1 aliphatic rings. The maximum Gasteiger partial charge on any atom is 0.328 e. The second-order valence-electron chi connectivity index (χ2n) is 7.19. The van der Waals surface area contributed by atoms with Crippen LogP contribution in [0.2, 0.25) is 0 Å². The molecule has 0 aromatic heterocycles. The van der Waals surface area contributed by atoms with Crippen molar-refractivity contribution in [3.63, 3.8) is 0 Å². The zero-order valence-electron chi connectivity index (χ0n) is 13.1. The number of carboxylic acid groups (broad SMARTS) is 1. The van der Waals surface area contributed by atoms with E-state index in [0.29, 0.717) is 0 Å². The third-order valence-corrected chi connectivity index (χ3v) is 4.65. The van der Waals surface area contributed by atoms with E-state index in [9.17, 15) is 4.79 Å². The summed E-state index contributed by atoms with van der Waals surface area (Å²) >= 11 is 0. The van der Waals surface area contributed by atoms with Crippen LogP contribution >= 0.6 is 0 Å². The summed E-state index contributed by atoms with van der Waals surface area (Å²) in [4.78, 5) is 10.8. The molecule has 2 nitrogen and oxygen atoms in total. The topological polar surface area (TPSA) is 37.3 Å². The summed E-state index contributed by atoms with van der Waals surface area (Å²) in [6, 6.07) is 6.42. The Morgan fingerprint density at radius 3 is 2.20 bits per heavy atom. The molecule has 0 radical (unpaired) electrons. The minimum atomic E-state index is -0.889. The summed E-state index contributed by atoms with van der Waals surface area (Å²) in [5.74, 6) is -0.889. The zero-order chi connectivity index (χ0) is 15.1. The molecule has 0 saturated carbocycles. The van der Waals surface area contributed by atoms with Crippen molar-refractivity contribution in [3.8, 4) is 0 Å². The molecular weight excluding hydrogens is 248 g/mol. The summed E-state index contributed by atoms with van der Waals surface area (Å²) in [5.41, 5.74) is 4.94. The molecule has 108 valence electrons. The van der Waals surface area contributed by atoms with Crippen LogP contribution in [0.25, 0.3) is 5.57 Å². The number of benzene rings is 1. The molecule has 0 heterocycles. The monoisotopic (exact) mass is 272 g/mol. The van der Waals surface area contributed by atoms with Gasteiger partial charge in [-0.3, -0.25) is 0 Å². The highest BCUT2D eigenvalue weighted by molar-refractivity contribution is 5.89. The van der Waals surface area contributed by atoms with Crippen LogP contribution in [-0.4, -0.2) is 11.1 Å². The zero-order valence-corrected chi connectivity index (χ0v) is 13.1. The number of rotatable bonds is 2. The van der Waals surface area contributed by atoms with E-state index in [2.05, 4.69) is 45.9 Å². The van der Waals surface area contributed by atoms with Gasteiger partial charge in [0.1, 0.15) is 0 Å². The van der Waals surface area contributed by atoms with Crippen LogP contribution in [0, 0.1) is 0 Å². The van der Waals surface area contributed by atoms with Gasteiger partial charge in [0.25, 0.3) is 0 Å². The van der Waals surface area contributed by atoms with Crippen molar-refractivity contribution in [1.82, 2.24) is 0 Å². The average Bonchev–Trinajstić information content (AvgIpc) is 2.34. The second kappa shape index (κ2) is 4.76. The number of fused-ring (bicyclic) bond motifs is 1. The van der Waals surface area contributed by atoms with Crippen molar-refractivity contribution in [2.75, 3.05) is 0 Å². The van der Waals surface area contributed by atoms with E-state index in [-0.39, 0.29) is 10.8 Å². The van der Waals surface area contributed by atoms with Gasteiger partial charge in [-0.15, -0.1) is 0 Å². The third kappa shape index (κ3) is 2.65. The first-order chi connectivity index (χ1) is 9.13. The Morgan fingerprint density at radius 2 is 1.65 bits per heavy atom. The largest absolute Gasteiger partial charge is 0.478 e. The molecular formula is C18H24O2. The lowest BCUT2D eigenvalue weighted by Gasteiger charge is -2.42. The van der Waals surface area contributed by atoms with Crippen molar-refractivity contribution in [2.24, 2.45) is 0 Å².